The molecule has 1 atom stereocenters. The Balaban J connectivity index is 1.51. The van der Waals surface area contributed by atoms with E-state index in [2.05, 4.69) is 20.3 Å². The van der Waals surface area contributed by atoms with Crippen molar-refractivity contribution < 1.29 is 4.79 Å². The Bertz CT molecular complexity index is 1190. The van der Waals surface area contributed by atoms with Gasteiger partial charge in [-0.15, -0.1) is 0 Å². The van der Waals surface area contributed by atoms with Gasteiger partial charge >= 0.3 is 0 Å². The summed E-state index contributed by atoms with van der Waals surface area (Å²) in [5, 5.41) is 3.00. The summed E-state index contributed by atoms with van der Waals surface area (Å²) in [4.78, 5) is 44.3. The molecule has 1 amide bonds. The Morgan fingerprint density at radius 3 is 2.90 bits per heavy atom. The first-order valence-corrected chi connectivity index (χ1v) is 10.6. The first-order valence-electron chi connectivity index (χ1n) is 10.6. The molecule has 1 unspecified atom stereocenters. The van der Waals surface area contributed by atoms with Gasteiger partial charge in [-0.2, -0.15) is 0 Å². The predicted octanol–water partition coefficient (Wildman–Crippen LogP) is 2.39. The number of aromatic amines is 1. The highest BCUT2D eigenvalue weighted by atomic mass is 16.2. The van der Waals surface area contributed by atoms with E-state index >= 15 is 0 Å². The summed E-state index contributed by atoms with van der Waals surface area (Å²) in [6.07, 6.45) is 8.36. The molecule has 0 radical (unpaired) electrons. The number of likely N-dealkylation sites (tertiary alicyclic amines) is 1. The molecule has 2 N–H and O–H groups in total. The summed E-state index contributed by atoms with van der Waals surface area (Å²) in [5.74, 6) is 1.07. The Kier molecular flexibility index (Phi) is 4.77. The number of rotatable bonds is 3. The summed E-state index contributed by atoms with van der Waals surface area (Å²) in [7, 11) is 1.76. The Labute approximate surface area is 179 Å². The molecule has 5 rings (SSSR count). The lowest BCUT2D eigenvalue weighted by atomic mass is 9.77. The number of carbonyl (C=O) groups is 1. The Morgan fingerprint density at radius 1 is 1.23 bits per heavy atom. The topological polar surface area (TPSA) is 104 Å². The summed E-state index contributed by atoms with van der Waals surface area (Å²) in [6.45, 7) is 1.24. The van der Waals surface area contributed by atoms with Crippen molar-refractivity contribution in [3.05, 3.63) is 70.0 Å². The number of nitrogens with one attached hydrogen (secondary N) is 2. The van der Waals surface area contributed by atoms with Crippen LogP contribution in [0.3, 0.4) is 0 Å². The van der Waals surface area contributed by atoms with Gasteiger partial charge in [0.25, 0.3) is 11.5 Å². The van der Waals surface area contributed by atoms with Crippen molar-refractivity contribution in [1.29, 1.82) is 0 Å². The second-order valence-corrected chi connectivity index (χ2v) is 8.24. The number of aromatic nitrogens is 4. The molecule has 3 aromatic heterocycles. The van der Waals surface area contributed by atoms with Crippen molar-refractivity contribution in [1.82, 2.24) is 24.8 Å². The van der Waals surface area contributed by atoms with E-state index in [1.807, 2.05) is 17.0 Å². The van der Waals surface area contributed by atoms with E-state index in [1.165, 1.54) is 0 Å². The minimum Gasteiger partial charge on any atom is -0.372 e. The number of piperidine rings is 1. The molecule has 0 aromatic carbocycles. The van der Waals surface area contributed by atoms with Crippen LogP contribution in [-0.4, -0.2) is 50.9 Å². The summed E-state index contributed by atoms with van der Waals surface area (Å²) in [6, 6.07) is 7.29. The second kappa shape index (κ2) is 7.61. The molecule has 1 aliphatic carbocycles. The van der Waals surface area contributed by atoms with Gasteiger partial charge in [-0.1, -0.05) is 0 Å². The van der Waals surface area contributed by atoms with E-state index in [0.717, 1.165) is 36.1 Å². The normalized spacial score (nSPS) is 20.0. The van der Waals surface area contributed by atoms with E-state index < -0.39 is 0 Å². The average molecular weight is 416 g/mol. The van der Waals surface area contributed by atoms with Crippen LogP contribution in [-0.2, 0) is 11.8 Å². The molecule has 1 aliphatic heterocycles. The second-order valence-electron chi connectivity index (χ2n) is 8.24. The SMILES string of the molecule is CNc1ncccc1C(=O)N1CCCC2(CCc3c2nc(-c2cccnc2)[nH]c3=O)C1. The van der Waals surface area contributed by atoms with Crippen molar-refractivity contribution in [2.45, 2.75) is 31.1 Å². The molecule has 2 aliphatic rings. The molecular weight excluding hydrogens is 392 g/mol. The zero-order valence-electron chi connectivity index (χ0n) is 17.4. The highest BCUT2D eigenvalue weighted by molar-refractivity contribution is 5.98. The summed E-state index contributed by atoms with van der Waals surface area (Å²) >= 11 is 0. The largest absolute Gasteiger partial charge is 0.372 e. The molecule has 8 nitrogen and oxygen atoms in total. The summed E-state index contributed by atoms with van der Waals surface area (Å²) in [5.41, 5.74) is 2.55. The maximum absolute atomic E-state index is 13.3. The molecular formula is C23H24N6O2. The van der Waals surface area contributed by atoms with E-state index in [1.54, 1.807) is 37.8 Å². The standard InChI is InChI=1S/C23H24N6O2/c1-24-20-17(6-3-11-26-20)22(31)29-12-4-8-23(14-29)9-7-16-18(23)27-19(28-21(16)30)15-5-2-10-25-13-15/h2-3,5-6,10-11,13H,4,7-9,12,14H2,1H3,(H,24,26)(H,27,28,30). The number of H-pyrrole nitrogens is 1. The average Bonchev–Trinajstić information content (AvgIpc) is 3.17. The molecule has 1 fully saturated rings. The third kappa shape index (κ3) is 3.28. The third-order valence-corrected chi connectivity index (χ3v) is 6.45. The minimum absolute atomic E-state index is 0.0395. The number of anilines is 1. The molecule has 0 bridgehead atoms. The molecule has 0 saturated carbocycles. The van der Waals surface area contributed by atoms with E-state index in [4.69, 9.17) is 4.98 Å². The lowest BCUT2D eigenvalue weighted by Gasteiger charge is -2.40. The van der Waals surface area contributed by atoms with Crippen molar-refractivity contribution in [2.75, 3.05) is 25.5 Å². The highest BCUT2D eigenvalue weighted by Crippen LogP contribution is 2.43. The zero-order chi connectivity index (χ0) is 21.4. The van der Waals surface area contributed by atoms with Crippen molar-refractivity contribution in [2.24, 2.45) is 0 Å². The maximum atomic E-state index is 13.3. The number of nitrogens with zero attached hydrogens (tertiary/aromatic N) is 4. The van der Waals surface area contributed by atoms with Crippen LogP contribution in [0.5, 0.6) is 0 Å². The van der Waals surface area contributed by atoms with Crippen LogP contribution < -0.4 is 10.9 Å². The molecule has 1 saturated heterocycles. The third-order valence-electron chi connectivity index (χ3n) is 6.45. The Hall–Kier alpha value is -3.55. The van der Waals surface area contributed by atoms with Gasteiger partial charge in [0.05, 0.1) is 11.3 Å². The number of fused-ring (bicyclic) bond motifs is 2. The highest BCUT2D eigenvalue weighted by Gasteiger charge is 2.46. The smallest absolute Gasteiger partial charge is 0.257 e. The summed E-state index contributed by atoms with van der Waals surface area (Å²) < 4.78 is 0. The lowest BCUT2D eigenvalue weighted by molar-refractivity contribution is 0.0634. The quantitative estimate of drug-likeness (QED) is 0.679. The molecule has 31 heavy (non-hydrogen) atoms. The van der Waals surface area contributed by atoms with Crippen molar-refractivity contribution in [3.63, 3.8) is 0 Å². The first-order chi connectivity index (χ1) is 15.1. The number of carbonyl (C=O) groups excluding carboxylic acids is 1. The number of hydrogen-bond donors (Lipinski definition) is 2. The van der Waals surface area contributed by atoms with Gasteiger partial charge in [0.2, 0.25) is 0 Å². The molecule has 3 aromatic rings. The number of pyridine rings is 2. The Morgan fingerprint density at radius 2 is 2.10 bits per heavy atom. The van der Waals surface area contributed by atoms with E-state index in [-0.39, 0.29) is 16.9 Å². The first kappa shape index (κ1) is 19.4. The fourth-order valence-electron chi connectivity index (χ4n) is 4.94. The predicted molar refractivity (Wildman–Crippen MR) is 117 cm³/mol. The van der Waals surface area contributed by atoms with Crippen LogP contribution in [0, 0.1) is 0 Å². The zero-order valence-corrected chi connectivity index (χ0v) is 17.4. The van der Waals surface area contributed by atoms with Crippen LogP contribution in [0.15, 0.2) is 47.7 Å². The van der Waals surface area contributed by atoms with Crippen LogP contribution >= 0.6 is 0 Å². The fraction of sp³-hybridized carbons (Fsp3) is 0.348. The van der Waals surface area contributed by atoms with Crippen LogP contribution in [0.4, 0.5) is 5.82 Å². The van der Waals surface area contributed by atoms with Gasteiger partial charge in [-0.25, -0.2) is 9.97 Å². The van der Waals surface area contributed by atoms with Gasteiger partial charge < -0.3 is 15.2 Å². The van der Waals surface area contributed by atoms with Crippen LogP contribution in [0.2, 0.25) is 0 Å². The van der Waals surface area contributed by atoms with Crippen LogP contribution in [0.1, 0.15) is 40.9 Å². The van der Waals surface area contributed by atoms with E-state index in [0.29, 0.717) is 36.7 Å². The molecule has 8 heteroatoms. The van der Waals surface area contributed by atoms with Crippen molar-refractivity contribution in [3.8, 4) is 11.4 Å². The molecule has 1 spiro atoms. The number of hydrogen-bond acceptors (Lipinski definition) is 6. The van der Waals surface area contributed by atoms with Crippen LogP contribution in [0.25, 0.3) is 11.4 Å². The minimum atomic E-state index is -0.295. The number of amides is 1. The van der Waals surface area contributed by atoms with Gasteiger partial charge in [0, 0.05) is 55.3 Å². The van der Waals surface area contributed by atoms with Crippen molar-refractivity contribution >= 4 is 11.7 Å². The van der Waals surface area contributed by atoms with Gasteiger partial charge in [-0.05, 0) is 49.9 Å². The van der Waals surface area contributed by atoms with Gasteiger partial charge in [0.1, 0.15) is 11.6 Å². The van der Waals surface area contributed by atoms with E-state index in [9.17, 15) is 9.59 Å². The molecule has 158 valence electrons. The maximum Gasteiger partial charge on any atom is 0.257 e. The van der Waals surface area contributed by atoms with Gasteiger partial charge in [0.15, 0.2) is 0 Å². The monoisotopic (exact) mass is 416 g/mol. The lowest BCUT2D eigenvalue weighted by Crippen LogP contribution is -2.48. The van der Waals surface area contributed by atoms with Gasteiger partial charge in [-0.3, -0.25) is 14.6 Å². The fourth-order valence-corrected chi connectivity index (χ4v) is 4.94. The molecule has 4 heterocycles.